The summed E-state index contributed by atoms with van der Waals surface area (Å²) in [7, 11) is 1.49. The Kier molecular flexibility index (Phi) is 5.86. The summed E-state index contributed by atoms with van der Waals surface area (Å²) in [5.41, 5.74) is 0. The SMILES string of the molecule is CCC(CC(C)C(=O)OC)C1CCCCC1. The second-order valence-corrected chi connectivity index (χ2v) is 5.23. The number of carbonyl (C=O) groups is 1. The first-order valence-electron chi connectivity index (χ1n) is 6.76. The summed E-state index contributed by atoms with van der Waals surface area (Å²) < 4.78 is 4.81. The maximum Gasteiger partial charge on any atom is 0.308 e. The van der Waals surface area contributed by atoms with Crippen molar-refractivity contribution in [2.24, 2.45) is 17.8 Å². The Morgan fingerprint density at radius 2 is 1.94 bits per heavy atom. The molecule has 0 aromatic carbocycles. The second kappa shape index (κ2) is 6.93. The van der Waals surface area contributed by atoms with E-state index in [-0.39, 0.29) is 11.9 Å². The van der Waals surface area contributed by atoms with Gasteiger partial charge >= 0.3 is 5.97 Å². The quantitative estimate of drug-likeness (QED) is 0.667. The third kappa shape index (κ3) is 3.80. The monoisotopic (exact) mass is 226 g/mol. The molecule has 1 saturated carbocycles. The lowest BCUT2D eigenvalue weighted by Gasteiger charge is -2.30. The van der Waals surface area contributed by atoms with Crippen molar-refractivity contribution in [3.05, 3.63) is 0 Å². The molecule has 2 unspecified atom stereocenters. The Bertz CT molecular complexity index is 207. The minimum atomic E-state index is -0.0470. The smallest absolute Gasteiger partial charge is 0.308 e. The van der Waals surface area contributed by atoms with Crippen LogP contribution in [0.5, 0.6) is 0 Å². The van der Waals surface area contributed by atoms with E-state index in [1.807, 2.05) is 6.92 Å². The molecule has 0 amide bonds. The highest BCUT2D eigenvalue weighted by Crippen LogP contribution is 2.35. The van der Waals surface area contributed by atoms with Crippen molar-refractivity contribution in [3.8, 4) is 0 Å². The van der Waals surface area contributed by atoms with Gasteiger partial charge in [0.1, 0.15) is 0 Å². The predicted molar refractivity (Wildman–Crippen MR) is 66.2 cm³/mol. The molecule has 0 saturated heterocycles. The van der Waals surface area contributed by atoms with Crippen LogP contribution in [0.3, 0.4) is 0 Å². The lowest BCUT2D eigenvalue weighted by Crippen LogP contribution is -2.23. The first kappa shape index (κ1) is 13.5. The molecule has 0 spiro atoms. The molecule has 2 nitrogen and oxygen atoms in total. The van der Waals surface area contributed by atoms with Crippen LogP contribution >= 0.6 is 0 Å². The van der Waals surface area contributed by atoms with Gasteiger partial charge in [0, 0.05) is 0 Å². The summed E-state index contributed by atoms with van der Waals surface area (Å²) >= 11 is 0. The molecular weight excluding hydrogens is 200 g/mol. The Labute approximate surface area is 99.8 Å². The molecule has 2 atom stereocenters. The predicted octanol–water partition coefficient (Wildman–Crippen LogP) is 3.79. The van der Waals surface area contributed by atoms with E-state index in [2.05, 4.69) is 6.92 Å². The first-order valence-corrected chi connectivity index (χ1v) is 6.76. The van der Waals surface area contributed by atoms with Crippen LogP contribution in [0.25, 0.3) is 0 Å². The second-order valence-electron chi connectivity index (χ2n) is 5.23. The fraction of sp³-hybridized carbons (Fsp3) is 0.929. The van der Waals surface area contributed by atoms with Crippen molar-refractivity contribution >= 4 is 5.97 Å². The van der Waals surface area contributed by atoms with E-state index in [4.69, 9.17) is 4.74 Å². The molecule has 0 bridgehead atoms. The van der Waals surface area contributed by atoms with Gasteiger partial charge in [-0.25, -0.2) is 0 Å². The molecule has 1 fully saturated rings. The Hall–Kier alpha value is -0.530. The van der Waals surface area contributed by atoms with Crippen molar-refractivity contribution in [1.82, 2.24) is 0 Å². The lowest BCUT2D eigenvalue weighted by atomic mass is 9.75. The molecule has 0 heterocycles. The van der Waals surface area contributed by atoms with Gasteiger partial charge in [-0.05, 0) is 18.3 Å². The van der Waals surface area contributed by atoms with Crippen LogP contribution in [0.1, 0.15) is 58.8 Å². The van der Waals surface area contributed by atoms with Gasteiger partial charge in [-0.1, -0.05) is 52.4 Å². The fourth-order valence-corrected chi connectivity index (χ4v) is 3.05. The maximum absolute atomic E-state index is 11.4. The normalized spacial score (nSPS) is 21.4. The van der Waals surface area contributed by atoms with Crippen LogP contribution in [0.2, 0.25) is 0 Å². The number of ether oxygens (including phenoxy) is 1. The van der Waals surface area contributed by atoms with Crippen LogP contribution in [-0.4, -0.2) is 13.1 Å². The molecule has 0 aromatic heterocycles. The first-order chi connectivity index (χ1) is 7.69. The fourth-order valence-electron chi connectivity index (χ4n) is 3.05. The number of methoxy groups -OCH3 is 1. The molecule has 2 heteroatoms. The van der Waals surface area contributed by atoms with Gasteiger partial charge in [0.05, 0.1) is 13.0 Å². The highest BCUT2D eigenvalue weighted by molar-refractivity contribution is 5.71. The molecule has 0 aliphatic heterocycles. The van der Waals surface area contributed by atoms with E-state index in [1.165, 1.54) is 45.6 Å². The van der Waals surface area contributed by atoms with E-state index < -0.39 is 0 Å². The topological polar surface area (TPSA) is 26.3 Å². The summed E-state index contributed by atoms with van der Waals surface area (Å²) in [4.78, 5) is 11.4. The van der Waals surface area contributed by atoms with Crippen LogP contribution in [0.4, 0.5) is 0 Å². The number of carbonyl (C=O) groups excluding carboxylic acids is 1. The van der Waals surface area contributed by atoms with E-state index in [0.717, 1.165) is 18.3 Å². The zero-order valence-corrected chi connectivity index (χ0v) is 11.0. The molecule has 1 aliphatic rings. The molecular formula is C14H26O2. The van der Waals surface area contributed by atoms with Crippen molar-refractivity contribution in [2.45, 2.75) is 58.8 Å². The number of esters is 1. The van der Waals surface area contributed by atoms with E-state index in [9.17, 15) is 4.79 Å². The highest BCUT2D eigenvalue weighted by Gasteiger charge is 2.26. The van der Waals surface area contributed by atoms with Gasteiger partial charge in [0.25, 0.3) is 0 Å². The zero-order chi connectivity index (χ0) is 12.0. The molecule has 0 N–H and O–H groups in total. The van der Waals surface area contributed by atoms with E-state index in [1.54, 1.807) is 0 Å². The van der Waals surface area contributed by atoms with Gasteiger partial charge in [0.2, 0.25) is 0 Å². The van der Waals surface area contributed by atoms with Crippen LogP contribution in [0.15, 0.2) is 0 Å². The van der Waals surface area contributed by atoms with E-state index in [0.29, 0.717) is 0 Å². The highest BCUT2D eigenvalue weighted by atomic mass is 16.5. The van der Waals surface area contributed by atoms with E-state index >= 15 is 0 Å². The Morgan fingerprint density at radius 1 is 1.31 bits per heavy atom. The minimum absolute atomic E-state index is 0.0470. The summed E-state index contributed by atoms with van der Waals surface area (Å²) in [5.74, 6) is 1.59. The standard InChI is InChI=1S/C14H26O2/c1-4-12(10-11(2)14(15)16-3)13-8-6-5-7-9-13/h11-13H,4-10H2,1-3H3. The molecule has 1 rings (SSSR count). The molecule has 0 aromatic rings. The van der Waals surface area contributed by atoms with Crippen molar-refractivity contribution in [1.29, 1.82) is 0 Å². The van der Waals surface area contributed by atoms with Crippen LogP contribution in [0, 0.1) is 17.8 Å². The summed E-state index contributed by atoms with van der Waals surface area (Å²) in [5, 5.41) is 0. The molecule has 1 aliphatic carbocycles. The van der Waals surface area contributed by atoms with Gasteiger partial charge in [0.15, 0.2) is 0 Å². The summed E-state index contributed by atoms with van der Waals surface area (Å²) in [6.45, 7) is 4.25. The van der Waals surface area contributed by atoms with Crippen molar-refractivity contribution in [2.75, 3.05) is 7.11 Å². The number of hydrogen-bond donors (Lipinski definition) is 0. The Balaban J connectivity index is 2.43. The average molecular weight is 226 g/mol. The van der Waals surface area contributed by atoms with Gasteiger partial charge in [-0.2, -0.15) is 0 Å². The largest absolute Gasteiger partial charge is 0.469 e. The number of rotatable bonds is 5. The molecule has 0 radical (unpaired) electrons. The van der Waals surface area contributed by atoms with Gasteiger partial charge < -0.3 is 4.74 Å². The minimum Gasteiger partial charge on any atom is -0.469 e. The maximum atomic E-state index is 11.4. The molecule has 94 valence electrons. The summed E-state index contributed by atoms with van der Waals surface area (Å²) in [6, 6.07) is 0. The summed E-state index contributed by atoms with van der Waals surface area (Å²) in [6.07, 6.45) is 9.11. The zero-order valence-electron chi connectivity index (χ0n) is 11.0. The third-order valence-electron chi connectivity index (χ3n) is 4.10. The molecule has 16 heavy (non-hydrogen) atoms. The van der Waals surface area contributed by atoms with Crippen LogP contribution < -0.4 is 0 Å². The van der Waals surface area contributed by atoms with Crippen molar-refractivity contribution < 1.29 is 9.53 Å². The van der Waals surface area contributed by atoms with Gasteiger partial charge in [-0.15, -0.1) is 0 Å². The Morgan fingerprint density at radius 3 is 2.44 bits per heavy atom. The van der Waals surface area contributed by atoms with Gasteiger partial charge in [-0.3, -0.25) is 4.79 Å². The lowest BCUT2D eigenvalue weighted by molar-refractivity contribution is -0.145. The third-order valence-corrected chi connectivity index (χ3v) is 4.10. The number of hydrogen-bond acceptors (Lipinski definition) is 2. The average Bonchev–Trinajstić information content (AvgIpc) is 2.35. The van der Waals surface area contributed by atoms with Crippen molar-refractivity contribution in [3.63, 3.8) is 0 Å². The van der Waals surface area contributed by atoms with Crippen LogP contribution in [-0.2, 0) is 9.53 Å².